The van der Waals surface area contributed by atoms with Crippen molar-refractivity contribution in [2.45, 2.75) is 13.3 Å². The number of hydrogen-bond donors (Lipinski definition) is 2. The zero-order chi connectivity index (χ0) is 18.8. The van der Waals surface area contributed by atoms with Crippen LogP contribution in [-0.2, 0) is 0 Å². The van der Waals surface area contributed by atoms with Crippen LogP contribution in [0.15, 0.2) is 54.7 Å². The highest BCUT2D eigenvalue weighted by Crippen LogP contribution is 2.33. The van der Waals surface area contributed by atoms with Crippen LogP contribution in [0.25, 0.3) is 32.7 Å². The molecule has 0 saturated heterocycles. The zero-order valence-corrected chi connectivity index (χ0v) is 15.7. The van der Waals surface area contributed by atoms with Gasteiger partial charge in [-0.25, -0.2) is 4.98 Å². The molecule has 0 saturated carbocycles. The molecule has 0 fully saturated rings. The third kappa shape index (κ3) is 3.16. The van der Waals surface area contributed by atoms with Crippen molar-refractivity contribution in [2.24, 2.45) is 0 Å². The molecule has 5 heteroatoms. The normalized spacial score (nSPS) is 11.2. The number of fused-ring (bicyclic) bond motifs is 4. The van der Waals surface area contributed by atoms with E-state index >= 15 is 0 Å². The summed E-state index contributed by atoms with van der Waals surface area (Å²) in [5, 5.41) is 14.7. The van der Waals surface area contributed by atoms with E-state index < -0.39 is 0 Å². The number of likely N-dealkylation sites (N-methyl/N-ethyl adjacent to an activating group) is 1. The molecule has 27 heavy (non-hydrogen) atoms. The first kappa shape index (κ1) is 17.2. The summed E-state index contributed by atoms with van der Waals surface area (Å²) in [5.74, 6) is 0.647. The molecule has 136 valence electrons. The quantitative estimate of drug-likeness (QED) is 0.236. The Balaban J connectivity index is 1.81. The van der Waals surface area contributed by atoms with E-state index in [9.17, 15) is 0 Å². The largest absolute Gasteiger partial charge is 0.382 e. The van der Waals surface area contributed by atoms with Gasteiger partial charge < -0.3 is 10.2 Å². The van der Waals surface area contributed by atoms with Gasteiger partial charge >= 0.3 is 0 Å². The lowest BCUT2D eigenvalue weighted by atomic mass is 10.1. The lowest BCUT2D eigenvalue weighted by molar-refractivity contribution is 0.509. The maximum absolute atomic E-state index is 7.96. The van der Waals surface area contributed by atoms with Crippen LogP contribution in [0.3, 0.4) is 0 Å². The first-order valence-corrected chi connectivity index (χ1v) is 9.27. The zero-order valence-electron chi connectivity index (χ0n) is 15.7. The standard InChI is InChI=1S/C22H23N5/c1-3-20(23)27(2)13-12-24-21-16-9-5-7-11-19(16)26-22-15-8-4-6-10-18(15)25-14-17(21)22/h4-11,14,23H,3,12-13H2,1-2H3,(H,24,26). The number of nitrogens with one attached hydrogen (secondary N) is 2. The molecule has 0 radical (unpaired) electrons. The van der Waals surface area contributed by atoms with Crippen LogP contribution < -0.4 is 5.32 Å². The lowest BCUT2D eigenvalue weighted by Crippen LogP contribution is -2.30. The minimum Gasteiger partial charge on any atom is -0.382 e. The summed E-state index contributed by atoms with van der Waals surface area (Å²) in [7, 11) is 1.96. The van der Waals surface area contributed by atoms with Gasteiger partial charge in [0, 0.05) is 48.9 Å². The Labute approximate surface area is 158 Å². The van der Waals surface area contributed by atoms with Crippen LogP contribution in [0, 0.1) is 5.41 Å². The molecule has 0 spiro atoms. The third-order valence-corrected chi connectivity index (χ3v) is 4.97. The Morgan fingerprint density at radius 2 is 1.70 bits per heavy atom. The van der Waals surface area contributed by atoms with E-state index in [-0.39, 0.29) is 0 Å². The third-order valence-electron chi connectivity index (χ3n) is 4.97. The van der Waals surface area contributed by atoms with Gasteiger partial charge in [0.05, 0.1) is 28.1 Å². The highest BCUT2D eigenvalue weighted by Gasteiger charge is 2.12. The molecule has 5 nitrogen and oxygen atoms in total. The number of anilines is 1. The highest BCUT2D eigenvalue weighted by molar-refractivity contribution is 6.14. The van der Waals surface area contributed by atoms with Crippen molar-refractivity contribution in [2.75, 3.05) is 25.5 Å². The van der Waals surface area contributed by atoms with Gasteiger partial charge in [-0.2, -0.15) is 0 Å². The second kappa shape index (κ2) is 7.19. The molecule has 0 unspecified atom stereocenters. The Morgan fingerprint density at radius 1 is 1.00 bits per heavy atom. The van der Waals surface area contributed by atoms with Gasteiger partial charge in [-0.15, -0.1) is 0 Å². The van der Waals surface area contributed by atoms with E-state index in [1.165, 1.54) is 0 Å². The molecular weight excluding hydrogens is 334 g/mol. The lowest BCUT2D eigenvalue weighted by Gasteiger charge is -2.20. The molecule has 2 heterocycles. The summed E-state index contributed by atoms with van der Waals surface area (Å²) in [5.41, 5.74) is 3.95. The molecule has 0 bridgehead atoms. The van der Waals surface area contributed by atoms with Gasteiger partial charge in [0.2, 0.25) is 0 Å². The van der Waals surface area contributed by atoms with Gasteiger partial charge in [0.1, 0.15) is 0 Å². The second-order valence-corrected chi connectivity index (χ2v) is 6.69. The first-order chi connectivity index (χ1) is 13.2. The molecular formula is C22H23N5. The average molecular weight is 357 g/mol. The van der Waals surface area contributed by atoms with Crippen LogP contribution in [0.1, 0.15) is 13.3 Å². The van der Waals surface area contributed by atoms with Gasteiger partial charge in [0.15, 0.2) is 0 Å². The van der Waals surface area contributed by atoms with Gasteiger partial charge in [-0.1, -0.05) is 43.3 Å². The fraction of sp³-hybridized carbons (Fsp3) is 0.227. The number of benzene rings is 2. The highest BCUT2D eigenvalue weighted by atomic mass is 15.1. The van der Waals surface area contributed by atoms with Gasteiger partial charge in [-0.05, 0) is 12.1 Å². The number of amidine groups is 1. The summed E-state index contributed by atoms with van der Waals surface area (Å²) in [4.78, 5) is 11.5. The van der Waals surface area contributed by atoms with E-state index in [2.05, 4.69) is 22.4 Å². The minimum absolute atomic E-state index is 0.647. The molecule has 0 atom stereocenters. The predicted octanol–water partition coefficient (Wildman–Crippen LogP) is 4.67. The van der Waals surface area contributed by atoms with Gasteiger partial charge in [-0.3, -0.25) is 10.4 Å². The summed E-state index contributed by atoms with van der Waals surface area (Å²) < 4.78 is 0. The van der Waals surface area contributed by atoms with Crippen molar-refractivity contribution in [3.05, 3.63) is 54.7 Å². The molecule has 4 aromatic rings. The van der Waals surface area contributed by atoms with E-state index in [4.69, 9.17) is 10.4 Å². The summed E-state index contributed by atoms with van der Waals surface area (Å²) in [6.45, 7) is 3.52. The number of rotatable bonds is 5. The van der Waals surface area contributed by atoms with Crippen molar-refractivity contribution in [3.8, 4) is 0 Å². The van der Waals surface area contributed by atoms with E-state index in [1.807, 2.05) is 61.5 Å². The topological polar surface area (TPSA) is 64.9 Å². The van der Waals surface area contributed by atoms with E-state index in [0.717, 1.165) is 57.9 Å². The van der Waals surface area contributed by atoms with Crippen LogP contribution in [0.5, 0.6) is 0 Å². The van der Waals surface area contributed by atoms with Crippen molar-refractivity contribution in [1.29, 1.82) is 5.41 Å². The Morgan fingerprint density at radius 3 is 2.48 bits per heavy atom. The van der Waals surface area contributed by atoms with Crippen molar-refractivity contribution in [3.63, 3.8) is 0 Å². The maximum atomic E-state index is 7.96. The van der Waals surface area contributed by atoms with E-state index in [0.29, 0.717) is 5.84 Å². The fourth-order valence-corrected chi connectivity index (χ4v) is 3.42. The second-order valence-electron chi connectivity index (χ2n) is 6.69. The molecule has 2 aromatic carbocycles. The van der Waals surface area contributed by atoms with Gasteiger partial charge in [0.25, 0.3) is 0 Å². The number of para-hydroxylation sites is 2. The molecule has 0 amide bonds. The summed E-state index contributed by atoms with van der Waals surface area (Å²) in [6, 6.07) is 16.3. The van der Waals surface area contributed by atoms with Crippen LogP contribution >= 0.6 is 0 Å². The fourth-order valence-electron chi connectivity index (χ4n) is 3.42. The number of hydrogen-bond acceptors (Lipinski definition) is 4. The molecule has 0 aliphatic carbocycles. The Bertz CT molecular complexity index is 1140. The minimum atomic E-state index is 0.647. The monoisotopic (exact) mass is 357 g/mol. The van der Waals surface area contributed by atoms with Crippen molar-refractivity contribution in [1.82, 2.24) is 14.9 Å². The Kier molecular flexibility index (Phi) is 4.59. The first-order valence-electron chi connectivity index (χ1n) is 9.27. The molecule has 0 aliphatic rings. The predicted molar refractivity (Wildman–Crippen MR) is 114 cm³/mol. The molecule has 2 N–H and O–H groups in total. The summed E-state index contributed by atoms with van der Waals surface area (Å²) >= 11 is 0. The van der Waals surface area contributed by atoms with Crippen LogP contribution in [-0.4, -0.2) is 40.8 Å². The average Bonchev–Trinajstić information content (AvgIpc) is 2.72. The SMILES string of the molecule is CCC(=N)N(C)CCNc1c2ccccc2nc2c1cnc1ccccc12. The number of aromatic nitrogens is 2. The number of nitrogens with zero attached hydrogens (tertiary/aromatic N) is 3. The van der Waals surface area contributed by atoms with Crippen LogP contribution in [0.2, 0.25) is 0 Å². The van der Waals surface area contributed by atoms with Crippen molar-refractivity contribution < 1.29 is 0 Å². The maximum Gasteiger partial charge on any atom is 0.0952 e. The molecule has 0 aliphatic heterocycles. The number of pyridine rings is 2. The Hall–Kier alpha value is -3.21. The smallest absolute Gasteiger partial charge is 0.0952 e. The summed E-state index contributed by atoms with van der Waals surface area (Å²) in [6.07, 6.45) is 2.66. The van der Waals surface area contributed by atoms with E-state index in [1.54, 1.807) is 0 Å². The van der Waals surface area contributed by atoms with Crippen molar-refractivity contribution >= 4 is 44.2 Å². The molecule has 4 rings (SSSR count). The van der Waals surface area contributed by atoms with Crippen LogP contribution in [0.4, 0.5) is 5.69 Å². The molecule has 2 aromatic heterocycles.